The number of fused-ring (bicyclic) bond motifs is 24. The SMILES string of the molecule is O=C1OC(=O)c2cc3c(cc21)-c1nc-3nc2[nH]c(nc3nc(nc4[nH]c(n1)c1cc5c(cc41)C(=O)OC5=O)-c1cc4c(cc1-3)C(=O)OC4=O)c1cc3c(cc21)C(=O)OC3=O. The van der Waals surface area contributed by atoms with E-state index in [0.29, 0.717) is 0 Å². The van der Waals surface area contributed by atoms with Gasteiger partial charge in [-0.3, -0.25) is 0 Å². The highest BCUT2D eigenvalue weighted by molar-refractivity contribution is 6.22. The topological polar surface area (TPSA) is 282 Å². The van der Waals surface area contributed by atoms with Gasteiger partial charge in [0.1, 0.15) is 22.6 Å². The molecule has 8 bridgehead atoms. The number of cyclic esters (lactones) is 8. The monoisotopic (exact) mass is 794 g/mol. The number of esters is 8. The van der Waals surface area contributed by atoms with Gasteiger partial charge in [-0.05, 0) is 48.5 Å². The second-order valence-corrected chi connectivity index (χ2v) is 14.1. The molecule has 0 aliphatic carbocycles. The van der Waals surface area contributed by atoms with Crippen LogP contribution in [0.5, 0.6) is 0 Å². The van der Waals surface area contributed by atoms with Gasteiger partial charge in [0.15, 0.2) is 23.3 Å². The first-order valence-electron chi connectivity index (χ1n) is 17.6. The van der Waals surface area contributed by atoms with Crippen molar-refractivity contribution in [2.75, 3.05) is 0 Å². The van der Waals surface area contributed by atoms with E-state index in [-0.39, 0.29) is 134 Å². The maximum Gasteiger partial charge on any atom is 0.346 e. The lowest BCUT2D eigenvalue weighted by atomic mass is 10.00. The summed E-state index contributed by atoms with van der Waals surface area (Å²) >= 11 is 0. The Kier molecular flexibility index (Phi) is 5.54. The van der Waals surface area contributed by atoms with Gasteiger partial charge in [0, 0.05) is 43.8 Å². The number of ether oxygens (including phenoxy) is 4. The molecule has 3 aromatic heterocycles. The van der Waals surface area contributed by atoms with Crippen molar-refractivity contribution in [3.8, 4) is 45.6 Å². The van der Waals surface area contributed by atoms with Gasteiger partial charge in [0.25, 0.3) is 0 Å². The van der Waals surface area contributed by atoms with Crippen LogP contribution in [0.1, 0.15) is 82.9 Å². The first-order chi connectivity index (χ1) is 28.9. The first-order valence-corrected chi connectivity index (χ1v) is 17.6. The quantitative estimate of drug-likeness (QED) is 0.124. The summed E-state index contributed by atoms with van der Waals surface area (Å²) in [7, 11) is 0. The number of carbonyl (C=O) groups is 8. The largest absolute Gasteiger partial charge is 0.386 e. The summed E-state index contributed by atoms with van der Waals surface area (Å²) in [5.74, 6) is -7.18. The number of benzene rings is 4. The Morgan fingerprint density at radius 3 is 0.683 bits per heavy atom. The highest BCUT2D eigenvalue weighted by atomic mass is 16.6. The summed E-state index contributed by atoms with van der Waals surface area (Å²) in [6, 6.07) is 11.1. The number of aromatic amines is 2. The minimum atomic E-state index is -0.889. The Morgan fingerprint density at radius 2 is 0.467 bits per heavy atom. The van der Waals surface area contributed by atoms with Crippen LogP contribution in [0.4, 0.5) is 0 Å². The predicted molar refractivity (Wildman–Crippen MR) is 195 cm³/mol. The molecular weight excluding hydrogens is 784 g/mol. The maximum absolute atomic E-state index is 12.7. The van der Waals surface area contributed by atoms with E-state index >= 15 is 0 Å². The van der Waals surface area contributed by atoms with Crippen LogP contribution >= 0.6 is 0 Å². The van der Waals surface area contributed by atoms with E-state index < -0.39 is 47.8 Å². The maximum atomic E-state index is 12.7. The van der Waals surface area contributed by atoms with Crippen LogP contribution in [0, 0.1) is 0 Å². The van der Waals surface area contributed by atoms with E-state index in [1.54, 1.807) is 0 Å². The number of H-pyrrole nitrogens is 2. The molecule has 0 unspecified atom stereocenters. The van der Waals surface area contributed by atoms with Crippen molar-refractivity contribution in [2.45, 2.75) is 0 Å². The molecule has 0 atom stereocenters. The van der Waals surface area contributed by atoms with Crippen LogP contribution in [0.3, 0.4) is 0 Å². The summed E-state index contributed by atoms with van der Waals surface area (Å²) in [6.45, 7) is 0. The van der Waals surface area contributed by atoms with Crippen molar-refractivity contribution in [3.63, 3.8) is 0 Å². The minimum absolute atomic E-state index is 0.0200. The Bertz CT molecular complexity index is 3260. The second-order valence-electron chi connectivity index (χ2n) is 14.1. The Morgan fingerprint density at radius 1 is 0.267 bits per heavy atom. The van der Waals surface area contributed by atoms with Crippen LogP contribution in [0.15, 0.2) is 48.5 Å². The van der Waals surface area contributed by atoms with E-state index in [4.69, 9.17) is 48.9 Å². The third kappa shape index (κ3) is 4.01. The average Bonchev–Trinajstić information content (AvgIpc) is 4.10. The van der Waals surface area contributed by atoms with Crippen LogP contribution in [0.25, 0.3) is 89.7 Å². The Hall–Kier alpha value is -9.20. The smallest absolute Gasteiger partial charge is 0.346 e. The predicted octanol–water partition coefficient (Wildman–Crippen LogP) is 4.11. The summed E-state index contributed by atoms with van der Waals surface area (Å²) < 4.78 is 19.5. The lowest BCUT2D eigenvalue weighted by Gasteiger charge is -2.00. The second kappa shape index (κ2) is 10.4. The third-order valence-electron chi connectivity index (χ3n) is 10.9. The van der Waals surface area contributed by atoms with Crippen molar-refractivity contribution in [1.82, 2.24) is 39.9 Å². The van der Waals surface area contributed by atoms with Gasteiger partial charge in [0.05, 0.1) is 44.5 Å². The zero-order valence-electron chi connectivity index (χ0n) is 29.2. The molecule has 0 amide bonds. The molecule has 0 spiro atoms. The van der Waals surface area contributed by atoms with Crippen molar-refractivity contribution < 1.29 is 57.3 Å². The summed E-state index contributed by atoms with van der Waals surface area (Å²) in [5, 5.41) is 1.11. The van der Waals surface area contributed by atoms with Crippen LogP contribution in [0.2, 0.25) is 0 Å². The number of aromatic nitrogens is 8. The zero-order valence-corrected chi connectivity index (χ0v) is 29.2. The van der Waals surface area contributed by atoms with E-state index in [2.05, 4.69) is 9.97 Å². The van der Waals surface area contributed by atoms with E-state index in [1.807, 2.05) is 0 Å². The molecule has 6 aliphatic rings. The molecule has 0 saturated heterocycles. The highest BCUT2D eigenvalue weighted by Gasteiger charge is 2.37. The first kappa shape index (κ1) is 31.9. The normalized spacial score (nSPS) is 15.5. The van der Waals surface area contributed by atoms with Gasteiger partial charge in [-0.25, -0.2) is 68.3 Å². The molecule has 282 valence electrons. The summed E-state index contributed by atoms with van der Waals surface area (Å²) in [4.78, 5) is 137. The number of hydrogen-bond acceptors (Lipinski definition) is 18. The molecule has 13 rings (SSSR count). The van der Waals surface area contributed by atoms with Gasteiger partial charge >= 0.3 is 47.8 Å². The fraction of sp³-hybridized carbons (Fsp3) is 0. The molecule has 4 aromatic carbocycles. The molecule has 0 fully saturated rings. The number of nitrogens with zero attached hydrogens (tertiary/aromatic N) is 6. The molecule has 6 aliphatic heterocycles. The van der Waals surface area contributed by atoms with Crippen molar-refractivity contribution in [3.05, 3.63) is 93.0 Å². The fourth-order valence-electron chi connectivity index (χ4n) is 8.10. The van der Waals surface area contributed by atoms with Crippen molar-refractivity contribution >= 4 is 91.9 Å². The number of hydrogen-bond donors (Lipinski definition) is 2. The van der Waals surface area contributed by atoms with E-state index in [0.717, 1.165) is 0 Å². The molecule has 0 saturated carbocycles. The molecule has 0 radical (unpaired) electrons. The van der Waals surface area contributed by atoms with Crippen LogP contribution in [-0.4, -0.2) is 87.6 Å². The number of carbonyl (C=O) groups excluding carboxylic acids is 8. The van der Waals surface area contributed by atoms with Gasteiger partial charge < -0.3 is 28.9 Å². The summed E-state index contributed by atoms with van der Waals surface area (Å²) in [6.07, 6.45) is 0. The van der Waals surface area contributed by atoms with Gasteiger partial charge in [0.2, 0.25) is 0 Å². The van der Waals surface area contributed by atoms with Gasteiger partial charge in [-0.15, -0.1) is 0 Å². The van der Waals surface area contributed by atoms with Crippen LogP contribution < -0.4 is 0 Å². The lowest BCUT2D eigenvalue weighted by Crippen LogP contribution is -1.97. The zero-order chi connectivity index (χ0) is 40.6. The van der Waals surface area contributed by atoms with E-state index in [9.17, 15) is 38.4 Å². The summed E-state index contributed by atoms with van der Waals surface area (Å²) in [5.41, 5.74) is 0.900. The average molecular weight is 795 g/mol. The molecule has 2 N–H and O–H groups in total. The number of rotatable bonds is 0. The Labute approximate surface area is 327 Å². The van der Waals surface area contributed by atoms with Gasteiger partial charge in [-0.1, -0.05) is 0 Å². The van der Waals surface area contributed by atoms with Gasteiger partial charge in [-0.2, -0.15) is 0 Å². The lowest BCUT2D eigenvalue weighted by molar-refractivity contribution is 0.0425. The minimum Gasteiger partial charge on any atom is -0.386 e. The van der Waals surface area contributed by atoms with E-state index in [1.165, 1.54) is 48.5 Å². The van der Waals surface area contributed by atoms with Crippen molar-refractivity contribution in [2.24, 2.45) is 0 Å². The molecular formula is C40H10N8O12. The molecule has 20 nitrogen and oxygen atoms in total. The molecule has 20 heteroatoms. The molecule has 60 heavy (non-hydrogen) atoms. The highest BCUT2D eigenvalue weighted by Crippen LogP contribution is 2.42. The van der Waals surface area contributed by atoms with Crippen LogP contribution in [-0.2, 0) is 18.9 Å². The fourth-order valence-corrected chi connectivity index (χ4v) is 8.10. The third-order valence-corrected chi connectivity index (χ3v) is 10.9. The molecule has 7 aromatic rings. The molecule has 9 heterocycles. The van der Waals surface area contributed by atoms with Crippen molar-refractivity contribution in [1.29, 1.82) is 0 Å². The number of nitrogens with one attached hydrogen (secondary N) is 2. The Balaban J connectivity index is 1.22. The standard InChI is InChI=1S/C40H10N8O12/c49-33-17-1-9-10(2-18(17)34(50)57-33)26-41-25(9)45-27-11-3-19-20(36(52)58-35(19)51)4-12(11)29(42-27)47-31-15-7-23-24(40(56)60-39(23)55)8-16(15)32(44-31)48-30-14-6-22-21(37(53)59-38(22)54)5-13(14)28(43-30)46-26/h1-8H,(H2,41,42,43,44,45,46,47,48).